The Morgan fingerprint density at radius 2 is 1.79 bits per heavy atom. The molecule has 1 N–H and O–H groups in total. The molecule has 1 saturated heterocycles. The molecule has 1 amide bonds. The second-order valence-electron chi connectivity index (χ2n) is 7.27. The van der Waals surface area contributed by atoms with Crippen molar-refractivity contribution in [1.29, 1.82) is 0 Å². The highest BCUT2D eigenvalue weighted by molar-refractivity contribution is 5.86. The van der Waals surface area contributed by atoms with Crippen LogP contribution in [0.3, 0.4) is 0 Å². The highest BCUT2D eigenvalue weighted by Crippen LogP contribution is 2.47. The third kappa shape index (κ3) is 2.53. The zero-order valence-electron chi connectivity index (χ0n) is 16.5. The van der Waals surface area contributed by atoms with Crippen molar-refractivity contribution >= 4 is 17.0 Å². The van der Waals surface area contributed by atoms with Crippen molar-refractivity contribution < 1.29 is 23.7 Å². The number of cyclic esters (lactones) is 1. The second kappa shape index (κ2) is 6.62. The first-order valence-electron chi connectivity index (χ1n) is 9.50. The third-order valence-corrected chi connectivity index (χ3v) is 5.84. The van der Waals surface area contributed by atoms with Gasteiger partial charge in [0.05, 0.1) is 27.4 Å². The molecule has 7 heteroatoms. The molecule has 3 aromatic rings. The van der Waals surface area contributed by atoms with Gasteiger partial charge in [-0.1, -0.05) is 18.2 Å². The molecule has 0 saturated carbocycles. The van der Waals surface area contributed by atoms with Gasteiger partial charge in [0, 0.05) is 16.6 Å². The van der Waals surface area contributed by atoms with E-state index < -0.39 is 0 Å². The van der Waals surface area contributed by atoms with Crippen LogP contribution in [0.15, 0.2) is 36.4 Å². The normalized spacial score (nSPS) is 20.2. The summed E-state index contributed by atoms with van der Waals surface area (Å²) in [4.78, 5) is 18.0. The van der Waals surface area contributed by atoms with Gasteiger partial charge in [0.2, 0.25) is 5.75 Å². The van der Waals surface area contributed by atoms with E-state index in [1.165, 1.54) is 10.9 Å². The van der Waals surface area contributed by atoms with E-state index in [0.717, 1.165) is 23.2 Å². The number of nitrogens with one attached hydrogen (secondary N) is 1. The summed E-state index contributed by atoms with van der Waals surface area (Å²) < 4.78 is 22.0. The fourth-order valence-corrected chi connectivity index (χ4v) is 4.58. The third-order valence-electron chi connectivity index (χ3n) is 5.84. The van der Waals surface area contributed by atoms with Gasteiger partial charge in [0.25, 0.3) is 0 Å². The summed E-state index contributed by atoms with van der Waals surface area (Å²) in [5, 5.41) is 1.18. The Kier molecular flexibility index (Phi) is 4.04. The molecule has 1 fully saturated rings. The molecule has 1 aromatic heterocycles. The van der Waals surface area contributed by atoms with Crippen molar-refractivity contribution in [2.75, 3.05) is 27.9 Å². The maximum absolute atomic E-state index is 12.7. The smallest absolute Gasteiger partial charge is 0.411 e. The van der Waals surface area contributed by atoms with Gasteiger partial charge in [0.15, 0.2) is 11.5 Å². The zero-order chi connectivity index (χ0) is 20.1. The van der Waals surface area contributed by atoms with Crippen LogP contribution >= 0.6 is 0 Å². The van der Waals surface area contributed by atoms with Gasteiger partial charge in [-0.3, -0.25) is 4.90 Å². The zero-order valence-corrected chi connectivity index (χ0v) is 16.5. The van der Waals surface area contributed by atoms with E-state index >= 15 is 0 Å². The molecular weight excluding hydrogens is 372 g/mol. The predicted octanol–water partition coefficient (Wildman–Crippen LogP) is 3.66. The maximum atomic E-state index is 12.7. The highest BCUT2D eigenvalue weighted by atomic mass is 16.6. The fourth-order valence-electron chi connectivity index (χ4n) is 4.58. The molecule has 0 unspecified atom stereocenters. The van der Waals surface area contributed by atoms with Crippen molar-refractivity contribution in [2.45, 2.75) is 18.5 Å². The number of hydrogen-bond donors (Lipinski definition) is 1. The number of nitrogens with zero attached hydrogens (tertiary/aromatic N) is 1. The van der Waals surface area contributed by atoms with Crippen LogP contribution in [0, 0.1) is 0 Å². The molecular formula is C22H22N2O5. The van der Waals surface area contributed by atoms with Gasteiger partial charge in [-0.05, 0) is 35.7 Å². The molecule has 7 nitrogen and oxygen atoms in total. The summed E-state index contributed by atoms with van der Waals surface area (Å²) in [5.74, 6) is 1.62. The van der Waals surface area contributed by atoms with Crippen molar-refractivity contribution in [3.05, 3.63) is 53.2 Å². The number of methoxy groups -OCH3 is 3. The fraction of sp³-hybridized carbons (Fsp3) is 0.318. The average Bonchev–Trinajstić information content (AvgIpc) is 3.31. The summed E-state index contributed by atoms with van der Waals surface area (Å²) in [5.41, 5.74) is 4.15. The van der Waals surface area contributed by atoms with E-state index in [1.807, 2.05) is 29.2 Å². The molecule has 0 spiro atoms. The average molecular weight is 394 g/mol. The molecule has 0 aliphatic carbocycles. The number of fused-ring (bicyclic) bond motifs is 4. The molecule has 29 heavy (non-hydrogen) atoms. The highest BCUT2D eigenvalue weighted by Gasteiger charge is 2.45. The molecule has 0 radical (unpaired) electrons. The quantitative estimate of drug-likeness (QED) is 0.731. The van der Waals surface area contributed by atoms with Crippen LogP contribution < -0.4 is 14.2 Å². The topological polar surface area (TPSA) is 73.0 Å². The van der Waals surface area contributed by atoms with Crippen LogP contribution in [-0.4, -0.2) is 50.0 Å². The van der Waals surface area contributed by atoms with Crippen molar-refractivity contribution in [3.63, 3.8) is 0 Å². The van der Waals surface area contributed by atoms with Crippen molar-refractivity contribution in [3.8, 4) is 17.2 Å². The Bertz CT molecular complexity index is 1080. The van der Waals surface area contributed by atoms with Crippen LogP contribution in [0.5, 0.6) is 17.2 Å². The lowest BCUT2D eigenvalue weighted by Gasteiger charge is -2.36. The Morgan fingerprint density at radius 1 is 1.07 bits per heavy atom. The number of rotatable bonds is 4. The summed E-state index contributed by atoms with van der Waals surface area (Å²) in [6, 6.07) is 11.7. The standard InChI is InChI=1S/C22H22N2O5/c1-26-17-8-12(9-18(27-2)21(17)28-3)20-19-15(10-13-11-29-22(25)24(13)20)14-6-4-5-7-16(14)23-19/h4-9,13,20,23H,10-11H2,1-3H3/t13-,20-/m0/s1. The Morgan fingerprint density at radius 3 is 2.48 bits per heavy atom. The van der Waals surface area contributed by atoms with E-state index in [2.05, 4.69) is 17.1 Å². The number of carbonyl (C=O) groups is 1. The van der Waals surface area contributed by atoms with Gasteiger partial charge in [-0.2, -0.15) is 0 Å². The lowest BCUT2D eigenvalue weighted by atomic mass is 9.89. The van der Waals surface area contributed by atoms with E-state index in [1.54, 1.807) is 21.3 Å². The summed E-state index contributed by atoms with van der Waals surface area (Å²) in [7, 11) is 4.75. The van der Waals surface area contributed by atoms with E-state index in [4.69, 9.17) is 18.9 Å². The molecule has 2 aliphatic rings. The van der Waals surface area contributed by atoms with Gasteiger partial charge >= 0.3 is 6.09 Å². The number of para-hydroxylation sites is 1. The summed E-state index contributed by atoms with van der Waals surface area (Å²) in [6.07, 6.45) is 0.449. The number of benzene rings is 2. The van der Waals surface area contributed by atoms with Gasteiger partial charge in [0.1, 0.15) is 12.6 Å². The largest absolute Gasteiger partial charge is 0.493 e. The predicted molar refractivity (Wildman–Crippen MR) is 107 cm³/mol. The first-order valence-corrected chi connectivity index (χ1v) is 9.50. The first-order chi connectivity index (χ1) is 14.2. The lowest BCUT2D eigenvalue weighted by Crippen LogP contribution is -2.42. The first kappa shape index (κ1) is 17.7. The lowest BCUT2D eigenvalue weighted by molar-refractivity contribution is 0.147. The summed E-state index contributed by atoms with van der Waals surface area (Å²) >= 11 is 0. The molecule has 2 atom stereocenters. The number of ether oxygens (including phenoxy) is 4. The van der Waals surface area contributed by atoms with E-state index in [0.29, 0.717) is 23.9 Å². The number of aromatic amines is 1. The molecule has 5 rings (SSSR count). The number of H-pyrrole nitrogens is 1. The second-order valence-corrected chi connectivity index (χ2v) is 7.27. The minimum absolute atomic E-state index is 0.0155. The minimum Gasteiger partial charge on any atom is -0.493 e. The van der Waals surface area contributed by atoms with Crippen LogP contribution in [0.2, 0.25) is 0 Å². The summed E-state index contributed by atoms with van der Waals surface area (Å²) in [6.45, 7) is 0.388. The van der Waals surface area contributed by atoms with Crippen LogP contribution in [0.1, 0.15) is 22.9 Å². The maximum Gasteiger partial charge on any atom is 0.411 e. The van der Waals surface area contributed by atoms with E-state index in [9.17, 15) is 4.79 Å². The molecule has 0 bridgehead atoms. The number of aromatic nitrogens is 1. The number of amides is 1. The van der Waals surface area contributed by atoms with Crippen molar-refractivity contribution in [1.82, 2.24) is 9.88 Å². The number of carbonyl (C=O) groups excluding carboxylic acids is 1. The monoisotopic (exact) mass is 394 g/mol. The van der Waals surface area contributed by atoms with Crippen LogP contribution in [0.25, 0.3) is 10.9 Å². The SMILES string of the molecule is COc1cc([C@H]2c3[nH]c4ccccc4c3C[C@H]3COC(=O)N32)cc(OC)c1OC. The Balaban J connectivity index is 1.75. The van der Waals surface area contributed by atoms with Gasteiger partial charge in [-0.25, -0.2) is 4.79 Å². The van der Waals surface area contributed by atoms with E-state index in [-0.39, 0.29) is 18.2 Å². The van der Waals surface area contributed by atoms with Crippen LogP contribution in [0.4, 0.5) is 4.79 Å². The van der Waals surface area contributed by atoms with Gasteiger partial charge in [-0.15, -0.1) is 0 Å². The minimum atomic E-state index is -0.333. The molecule has 2 aliphatic heterocycles. The number of hydrogen-bond acceptors (Lipinski definition) is 5. The van der Waals surface area contributed by atoms with Crippen LogP contribution in [-0.2, 0) is 11.2 Å². The Hall–Kier alpha value is -3.35. The molecule has 150 valence electrons. The Labute approximate surface area is 168 Å². The van der Waals surface area contributed by atoms with Gasteiger partial charge < -0.3 is 23.9 Å². The molecule has 2 aromatic carbocycles. The molecule has 3 heterocycles. The van der Waals surface area contributed by atoms with Crippen molar-refractivity contribution in [2.24, 2.45) is 0 Å².